The summed E-state index contributed by atoms with van der Waals surface area (Å²) in [5.74, 6) is 0.0282. The molecule has 0 aromatic carbocycles. The number of hydrogen-bond donors (Lipinski definition) is 0. The summed E-state index contributed by atoms with van der Waals surface area (Å²) in [6.07, 6.45) is 2.10. The molecule has 2 heterocycles. The Morgan fingerprint density at radius 2 is 2.25 bits per heavy atom. The summed E-state index contributed by atoms with van der Waals surface area (Å²) in [5, 5.41) is 0. The lowest BCUT2D eigenvalue weighted by Crippen LogP contribution is -2.51. The zero-order valence-electron chi connectivity index (χ0n) is 14.5. The van der Waals surface area contributed by atoms with E-state index in [1.807, 2.05) is 13.8 Å². The third-order valence-corrected chi connectivity index (χ3v) is 4.80. The highest BCUT2D eigenvalue weighted by atomic mass is 79.9. The van der Waals surface area contributed by atoms with Gasteiger partial charge in [0.15, 0.2) is 6.10 Å². The summed E-state index contributed by atoms with van der Waals surface area (Å²) in [6.45, 7) is 6.94. The van der Waals surface area contributed by atoms with Crippen LogP contribution >= 0.6 is 15.9 Å². The summed E-state index contributed by atoms with van der Waals surface area (Å²) < 4.78 is 16.8. The molecule has 0 unspecified atom stereocenters. The molecule has 0 bridgehead atoms. The number of ether oxygens (including phenoxy) is 3. The molecule has 0 saturated carbocycles. The Morgan fingerprint density at radius 3 is 2.88 bits per heavy atom. The molecule has 6 nitrogen and oxygen atoms in total. The van der Waals surface area contributed by atoms with Crippen LogP contribution in [-0.4, -0.2) is 48.4 Å². The van der Waals surface area contributed by atoms with E-state index in [1.54, 1.807) is 9.89 Å². The lowest BCUT2D eigenvalue weighted by atomic mass is 10.0. The van der Waals surface area contributed by atoms with Gasteiger partial charge >= 0.3 is 12.1 Å². The zero-order valence-corrected chi connectivity index (χ0v) is 16.1. The molecule has 0 spiro atoms. The van der Waals surface area contributed by atoms with E-state index in [0.29, 0.717) is 18.9 Å². The van der Waals surface area contributed by atoms with Crippen molar-refractivity contribution in [2.45, 2.75) is 64.7 Å². The largest absolute Gasteiger partial charge is 0.449 e. The second-order valence-electron chi connectivity index (χ2n) is 6.52. The van der Waals surface area contributed by atoms with Crippen LogP contribution in [0.15, 0.2) is 10.7 Å². The highest BCUT2D eigenvalue weighted by Gasteiger charge is 2.45. The number of unbranched alkanes of at least 4 members (excludes halogenated alkanes) is 1. The number of cyclic esters (lactones) is 1. The summed E-state index contributed by atoms with van der Waals surface area (Å²) >= 11 is 3.24. The minimum absolute atomic E-state index is 0.00299. The molecule has 2 aliphatic heterocycles. The molecular weight excluding hydrogens is 378 g/mol. The van der Waals surface area contributed by atoms with E-state index in [0.717, 1.165) is 25.7 Å². The van der Waals surface area contributed by atoms with Crippen molar-refractivity contribution in [2.75, 3.05) is 13.2 Å². The number of rotatable bonds is 5. The first-order valence-corrected chi connectivity index (χ1v) is 9.52. The van der Waals surface area contributed by atoms with Crippen LogP contribution in [-0.2, 0) is 19.0 Å². The van der Waals surface area contributed by atoms with Crippen molar-refractivity contribution < 1.29 is 23.8 Å². The molecule has 2 saturated heterocycles. The first kappa shape index (κ1) is 19.2. The van der Waals surface area contributed by atoms with Crippen molar-refractivity contribution in [3.05, 3.63) is 10.7 Å². The highest BCUT2D eigenvalue weighted by Crippen LogP contribution is 2.33. The molecule has 2 fully saturated rings. The van der Waals surface area contributed by atoms with Crippen molar-refractivity contribution in [2.24, 2.45) is 5.92 Å². The number of hydrogen-bond acceptors (Lipinski definition) is 5. The maximum Gasteiger partial charge on any atom is 0.410 e. The van der Waals surface area contributed by atoms with Gasteiger partial charge in [0, 0.05) is 11.5 Å². The Balaban J connectivity index is 2.11. The van der Waals surface area contributed by atoms with Gasteiger partial charge in [0.05, 0.1) is 12.6 Å². The smallest absolute Gasteiger partial charge is 0.410 e. The van der Waals surface area contributed by atoms with E-state index in [1.165, 1.54) is 0 Å². The van der Waals surface area contributed by atoms with E-state index >= 15 is 0 Å². The quantitative estimate of drug-likeness (QED) is 0.518. The van der Waals surface area contributed by atoms with Gasteiger partial charge in [-0.15, -0.1) is 0 Å². The average molecular weight is 404 g/mol. The van der Waals surface area contributed by atoms with Crippen molar-refractivity contribution in [1.29, 1.82) is 0 Å². The summed E-state index contributed by atoms with van der Waals surface area (Å²) in [5.41, 5.74) is 0. The molecule has 0 N–H and O–H groups in total. The predicted molar refractivity (Wildman–Crippen MR) is 92.6 cm³/mol. The number of halogens is 1. The Morgan fingerprint density at radius 1 is 1.50 bits per heavy atom. The predicted octanol–water partition coefficient (Wildman–Crippen LogP) is 3.59. The van der Waals surface area contributed by atoms with Gasteiger partial charge in [-0.05, 0) is 25.2 Å². The van der Waals surface area contributed by atoms with Crippen LogP contribution < -0.4 is 0 Å². The van der Waals surface area contributed by atoms with E-state index in [4.69, 9.17) is 14.2 Å². The molecule has 24 heavy (non-hydrogen) atoms. The second kappa shape index (κ2) is 8.85. The Labute approximate surface area is 151 Å². The number of likely N-dealkylation sites (tertiary alicyclic amines) is 1. The molecule has 136 valence electrons. The molecule has 2 aliphatic rings. The molecule has 0 aliphatic carbocycles. The van der Waals surface area contributed by atoms with Gasteiger partial charge in [-0.1, -0.05) is 43.1 Å². The molecule has 0 aromatic heterocycles. The fourth-order valence-electron chi connectivity index (χ4n) is 3.03. The van der Waals surface area contributed by atoms with Crippen LogP contribution in [0.1, 0.15) is 46.5 Å². The molecule has 2 rings (SSSR count). The number of amides is 1. The first-order valence-electron chi connectivity index (χ1n) is 8.60. The molecule has 3 atom stereocenters. The van der Waals surface area contributed by atoms with Gasteiger partial charge in [0.2, 0.25) is 0 Å². The average Bonchev–Trinajstić information content (AvgIpc) is 3.03. The minimum Gasteiger partial charge on any atom is -0.449 e. The standard InChI is InChI=1S/C17H26BrNO5/c1-4-5-9-22-17(21)19-8-6-7-12(19)15-13(10-18)23-16(20)14(24-15)11(2)3/h10-12,14-15H,4-9H2,1-3H3/b13-10+/t12-,14-,15-/m0/s1. The van der Waals surface area contributed by atoms with Crippen LogP contribution in [0.4, 0.5) is 4.79 Å². The van der Waals surface area contributed by atoms with Crippen LogP contribution in [0.5, 0.6) is 0 Å². The van der Waals surface area contributed by atoms with Crippen molar-refractivity contribution >= 4 is 28.0 Å². The molecule has 0 radical (unpaired) electrons. The lowest BCUT2D eigenvalue weighted by Gasteiger charge is -2.38. The van der Waals surface area contributed by atoms with Crippen LogP contribution in [0.25, 0.3) is 0 Å². The van der Waals surface area contributed by atoms with E-state index in [-0.39, 0.29) is 24.0 Å². The van der Waals surface area contributed by atoms with Gasteiger partial charge in [-0.25, -0.2) is 9.59 Å². The number of carbonyl (C=O) groups excluding carboxylic acids is 2. The van der Waals surface area contributed by atoms with E-state index in [9.17, 15) is 9.59 Å². The third kappa shape index (κ3) is 4.30. The fourth-order valence-corrected chi connectivity index (χ4v) is 3.38. The molecular formula is C17H26BrNO5. The maximum atomic E-state index is 12.4. The van der Waals surface area contributed by atoms with Gasteiger partial charge in [-0.2, -0.15) is 0 Å². The third-order valence-electron chi connectivity index (χ3n) is 4.34. The summed E-state index contributed by atoms with van der Waals surface area (Å²) in [4.78, 5) is 27.7. The number of esters is 1. The Kier molecular flexibility index (Phi) is 7.10. The minimum atomic E-state index is -0.621. The van der Waals surface area contributed by atoms with Crippen molar-refractivity contribution in [1.82, 2.24) is 4.90 Å². The topological polar surface area (TPSA) is 65.1 Å². The molecule has 1 amide bonds. The lowest BCUT2D eigenvalue weighted by molar-refractivity contribution is -0.179. The first-order chi connectivity index (χ1) is 11.5. The van der Waals surface area contributed by atoms with Crippen molar-refractivity contribution in [3.63, 3.8) is 0 Å². The van der Waals surface area contributed by atoms with Gasteiger partial charge in [0.1, 0.15) is 11.9 Å². The molecule has 0 aromatic rings. The number of nitrogens with zero attached hydrogens (tertiary/aromatic N) is 1. The monoisotopic (exact) mass is 403 g/mol. The van der Waals surface area contributed by atoms with Gasteiger partial charge in [0.25, 0.3) is 0 Å². The van der Waals surface area contributed by atoms with E-state index < -0.39 is 12.2 Å². The summed E-state index contributed by atoms with van der Waals surface area (Å²) in [7, 11) is 0. The fraction of sp³-hybridized carbons (Fsp3) is 0.765. The number of carbonyl (C=O) groups is 2. The summed E-state index contributed by atoms with van der Waals surface area (Å²) in [6, 6.07) is -0.183. The highest BCUT2D eigenvalue weighted by molar-refractivity contribution is 9.11. The van der Waals surface area contributed by atoms with Crippen LogP contribution in [0, 0.1) is 5.92 Å². The molecule has 7 heteroatoms. The van der Waals surface area contributed by atoms with Crippen LogP contribution in [0.2, 0.25) is 0 Å². The van der Waals surface area contributed by atoms with Gasteiger partial charge in [-0.3, -0.25) is 0 Å². The van der Waals surface area contributed by atoms with E-state index in [2.05, 4.69) is 22.9 Å². The second-order valence-corrected chi connectivity index (χ2v) is 6.98. The van der Waals surface area contributed by atoms with Gasteiger partial charge < -0.3 is 19.1 Å². The normalized spacial score (nSPS) is 29.2. The van der Waals surface area contributed by atoms with Crippen molar-refractivity contribution in [3.8, 4) is 0 Å². The Bertz CT molecular complexity index is 493. The zero-order chi connectivity index (χ0) is 17.7. The maximum absolute atomic E-state index is 12.4. The Hall–Kier alpha value is -1.08. The SMILES string of the molecule is CCCCOC(=O)N1CCC[C@H]1[C@@H]1O[C@@H](C(C)C)C(=O)O/C1=C/Br. The van der Waals surface area contributed by atoms with Crippen LogP contribution in [0.3, 0.4) is 0 Å².